The molecule has 0 radical (unpaired) electrons. The molecule has 2 aromatic rings. The molecule has 5 heteroatoms. The van der Waals surface area contributed by atoms with Gasteiger partial charge >= 0.3 is 0 Å². The molecule has 0 fully saturated rings. The third-order valence-electron chi connectivity index (χ3n) is 4.40. The number of hydrogen-bond donors (Lipinski definition) is 3. The molecule has 152 valence electrons. The minimum absolute atomic E-state index is 0.298. The van der Waals surface area contributed by atoms with Crippen LogP contribution in [-0.4, -0.2) is 37.3 Å². The van der Waals surface area contributed by atoms with Crippen LogP contribution >= 0.6 is 0 Å². The monoisotopic (exact) mass is 383 g/mol. The Kier molecular flexibility index (Phi) is 9.52. The maximum absolute atomic E-state index is 10.7. The van der Waals surface area contributed by atoms with Crippen LogP contribution in [0.1, 0.15) is 37.8 Å². The van der Waals surface area contributed by atoms with Gasteiger partial charge in [0, 0.05) is 19.7 Å². The van der Waals surface area contributed by atoms with Crippen LogP contribution in [0, 0.1) is 0 Å². The molecule has 1 unspecified atom stereocenters. The van der Waals surface area contributed by atoms with Crippen LogP contribution in [-0.2, 0) is 16.9 Å². The summed E-state index contributed by atoms with van der Waals surface area (Å²) in [6.07, 6.45) is 1.98. The van der Waals surface area contributed by atoms with Crippen LogP contribution in [0.15, 0.2) is 65.7 Å². The number of ether oxygens (including phenoxy) is 1. The van der Waals surface area contributed by atoms with Gasteiger partial charge in [-0.15, -0.1) is 0 Å². The van der Waals surface area contributed by atoms with E-state index in [0.717, 1.165) is 44.1 Å². The molecule has 0 aromatic heterocycles. The van der Waals surface area contributed by atoms with Crippen molar-refractivity contribution in [1.82, 2.24) is 10.6 Å². The molecular formula is C23H33N3O2. The predicted octanol–water partition coefficient (Wildman–Crippen LogP) is 3.45. The molecule has 0 aliphatic rings. The van der Waals surface area contributed by atoms with Gasteiger partial charge in [-0.1, -0.05) is 60.7 Å². The minimum atomic E-state index is -0.991. The summed E-state index contributed by atoms with van der Waals surface area (Å²) in [5.74, 6) is 0.726. The first-order valence-corrected chi connectivity index (χ1v) is 10.0. The Labute approximate surface area is 168 Å². The molecule has 0 aliphatic heterocycles. The lowest BCUT2D eigenvalue weighted by Gasteiger charge is -2.22. The number of benzene rings is 2. The molecule has 3 N–H and O–H groups in total. The van der Waals surface area contributed by atoms with Gasteiger partial charge in [-0.3, -0.25) is 0 Å². The van der Waals surface area contributed by atoms with Gasteiger partial charge in [-0.05, 0) is 37.8 Å². The number of unbranched alkanes of at least 4 members (excludes halogenated alkanes) is 1. The largest absolute Gasteiger partial charge is 0.384 e. The third kappa shape index (κ3) is 8.11. The Bertz CT molecular complexity index is 688. The Balaban J connectivity index is 1.68. The van der Waals surface area contributed by atoms with Gasteiger partial charge in [0.05, 0.1) is 13.2 Å². The highest BCUT2D eigenvalue weighted by Gasteiger charge is 2.22. The van der Waals surface area contributed by atoms with E-state index < -0.39 is 5.60 Å². The maximum atomic E-state index is 10.7. The standard InChI is InChI=1S/C23H33N3O2/c1-3-24-22(26-19-23(2,27)21-14-8-5-9-15-21)25-16-10-11-17-28-18-20-12-6-4-7-13-20/h4-9,12-15,27H,3,10-11,16-19H2,1-2H3,(H2,24,25,26). The summed E-state index contributed by atoms with van der Waals surface area (Å²) in [4.78, 5) is 4.55. The molecule has 0 amide bonds. The highest BCUT2D eigenvalue weighted by Crippen LogP contribution is 2.20. The number of nitrogens with zero attached hydrogens (tertiary/aromatic N) is 1. The van der Waals surface area contributed by atoms with E-state index in [1.165, 1.54) is 5.56 Å². The SMILES string of the molecule is CCNC(=NCC(C)(O)c1ccccc1)NCCCCOCc1ccccc1. The van der Waals surface area contributed by atoms with E-state index in [4.69, 9.17) is 4.74 Å². The fourth-order valence-electron chi connectivity index (χ4n) is 2.76. The number of hydrogen-bond acceptors (Lipinski definition) is 3. The average Bonchev–Trinajstić information content (AvgIpc) is 2.72. The Morgan fingerprint density at radius 3 is 2.36 bits per heavy atom. The average molecular weight is 384 g/mol. The van der Waals surface area contributed by atoms with E-state index in [1.807, 2.05) is 55.5 Å². The zero-order valence-electron chi connectivity index (χ0n) is 17.0. The lowest BCUT2D eigenvalue weighted by atomic mass is 9.96. The number of aliphatic imine (C=N–C) groups is 1. The van der Waals surface area contributed by atoms with Crippen molar-refractivity contribution in [2.24, 2.45) is 4.99 Å². The molecule has 0 bridgehead atoms. The topological polar surface area (TPSA) is 65.9 Å². The van der Waals surface area contributed by atoms with Crippen LogP contribution in [0.4, 0.5) is 0 Å². The molecule has 0 spiro atoms. The van der Waals surface area contributed by atoms with E-state index >= 15 is 0 Å². The van der Waals surface area contributed by atoms with Crippen LogP contribution in [0.5, 0.6) is 0 Å². The fourth-order valence-corrected chi connectivity index (χ4v) is 2.76. The lowest BCUT2D eigenvalue weighted by molar-refractivity contribution is 0.0672. The summed E-state index contributed by atoms with van der Waals surface area (Å²) in [5, 5.41) is 17.2. The van der Waals surface area contributed by atoms with Crippen molar-refractivity contribution >= 4 is 5.96 Å². The van der Waals surface area contributed by atoms with Gasteiger partial charge in [0.25, 0.3) is 0 Å². The lowest BCUT2D eigenvalue weighted by Crippen LogP contribution is -2.39. The molecule has 0 saturated carbocycles. The number of rotatable bonds is 11. The highest BCUT2D eigenvalue weighted by molar-refractivity contribution is 5.79. The molecule has 28 heavy (non-hydrogen) atoms. The molecular weight excluding hydrogens is 350 g/mol. The van der Waals surface area contributed by atoms with E-state index in [1.54, 1.807) is 6.92 Å². The van der Waals surface area contributed by atoms with Crippen molar-refractivity contribution < 1.29 is 9.84 Å². The zero-order chi connectivity index (χ0) is 20.1. The molecule has 1 atom stereocenters. The summed E-state index contributed by atoms with van der Waals surface area (Å²) >= 11 is 0. The van der Waals surface area contributed by atoms with Gasteiger partial charge in [-0.2, -0.15) is 0 Å². The van der Waals surface area contributed by atoms with Gasteiger partial charge < -0.3 is 20.5 Å². The number of nitrogens with one attached hydrogen (secondary N) is 2. The molecule has 0 saturated heterocycles. The first kappa shape index (κ1) is 21.9. The van der Waals surface area contributed by atoms with Crippen molar-refractivity contribution in [2.75, 3.05) is 26.2 Å². The van der Waals surface area contributed by atoms with Gasteiger partial charge in [-0.25, -0.2) is 4.99 Å². The van der Waals surface area contributed by atoms with Crippen LogP contribution in [0.25, 0.3) is 0 Å². The summed E-state index contributed by atoms with van der Waals surface area (Å²) in [6, 6.07) is 19.9. The number of guanidine groups is 1. The Hall–Kier alpha value is -2.37. The highest BCUT2D eigenvalue weighted by atomic mass is 16.5. The van der Waals surface area contributed by atoms with Crippen LogP contribution in [0.2, 0.25) is 0 Å². The van der Waals surface area contributed by atoms with E-state index in [0.29, 0.717) is 13.2 Å². The summed E-state index contributed by atoms with van der Waals surface area (Å²) in [5.41, 5.74) is 1.08. The van der Waals surface area contributed by atoms with Crippen molar-refractivity contribution in [3.05, 3.63) is 71.8 Å². The van der Waals surface area contributed by atoms with Gasteiger partial charge in [0.1, 0.15) is 5.60 Å². The first-order valence-electron chi connectivity index (χ1n) is 10.0. The molecule has 0 aliphatic carbocycles. The normalized spacial score (nSPS) is 13.8. The Morgan fingerprint density at radius 1 is 1.00 bits per heavy atom. The second-order valence-corrected chi connectivity index (χ2v) is 7.01. The van der Waals surface area contributed by atoms with Crippen molar-refractivity contribution in [2.45, 2.75) is 38.9 Å². The molecule has 2 rings (SSSR count). The van der Waals surface area contributed by atoms with Gasteiger partial charge in [0.15, 0.2) is 5.96 Å². The smallest absolute Gasteiger partial charge is 0.191 e. The second-order valence-electron chi connectivity index (χ2n) is 7.01. The summed E-state index contributed by atoms with van der Waals surface area (Å²) in [6.45, 7) is 7.11. The quantitative estimate of drug-likeness (QED) is 0.316. The maximum Gasteiger partial charge on any atom is 0.191 e. The second kappa shape index (κ2) is 12.2. The summed E-state index contributed by atoms with van der Waals surface area (Å²) < 4.78 is 5.71. The van der Waals surface area contributed by atoms with Crippen molar-refractivity contribution in [1.29, 1.82) is 0 Å². The minimum Gasteiger partial charge on any atom is -0.384 e. The van der Waals surface area contributed by atoms with E-state index in [9.17, 15) is 5.11 Å². The van der Waals surface area contributed by atoms with E-state index in [-0.39, 0.29) is 0 Å². The Morgan fingerprint density at radius 2 is 1.68 bits per heavy atom. The van der Waals surface area contributed by atoms with Crippen molar-refractivity contribution in [3.8, 4) is 0 Å². The van der Waals surface area contributed by atoms with Crippen LogP contribution in [0.3, 0.4) is 0 Å². The van der Waals surface area contributed by atoms with Crippen molar-refractivity contribution in [3.63, 3.8) is 0 Å². The summed E-state index contributed by atoms with van der Waals surface area (Å²) in [7, 11) is 0. The number of aliphatic hydroxyl groups is 1. The molecule has 0 heterocycles. The molecule has 2 aromatic carbocycles. The first-order chi connectivity index (χ1) is 13.6. The predicted molar refractivity (Wildman–Crippen MR) is 115 cm³/mol. The fraction of sp³-hybridized carbons (Fsp3) is 0.435. The van der Waals surface area contributed by atoms with Crippen LogP contribution < -0.4 is 10.6 Å². The van der Waals surface area contributed by atoms with E-state index in [2.05, 4.69) is 27.8 Å². The third-order valence-corrected chi connectivity index (χ3v) is 4.40. The zero-order valence-corrected chi connectivity index (χ0v) is 17.0. The van der Waals surface area contributed by atoms with Gasteiger partial charge in [0.2, 0.25) is 0 Å². The molecule has 5 nitrogen and oxygen atoms in total.